The first-order valence-corrected chi connectivity index (χ1v) is 4.57. The molecule has 3 heteroatoms. The van der Waals surface area contributed by atoms with Crippen molar-refractivity contribution in [1.82, 2.24) is 10.2 Å². The SMILES string of the molecule is N#CC(=Cc1ccccc1)c1cc[nH]n1. The molecule has 1 aromatic carbocycles. The third-order valence-corrected chi connectivity index (χ3v) is 2.01. The van der Waals surface area contributed by atoms with E-state index in [9.17, 15) is 0 Å². The van der Waals surface area contributed by atoms with Crippen molar-refractivity contribution in [2.45, 2.75) is 0 Å². The van der Waals surface area contributed by atoms with Gasteiger partial charge in [-0.15, -0.1) is 0 Å². The van der Waals surface area contributed by atoms with Crippen LogP contribution in [0.4, 0.5) is 0 Å². The second-order valence-electron chi connectivity index (χ2n) is 3.04. The first-order chi connectivity index (χ1) is 7.40. The second kappa shape index (κ2) is 4.25. The highest BCUT2D eigenvalue weighted by molar-refractivity contribution is 5.88. The van der Waals surface area contributed by atoms with E-state index in [-0.39, 0.29) is 0 Å². The molecule has 0 radical (unpaired) electrons. The maximum Gasteiger partial charge on any atom is 0.103 e. The fourth-order valence-corrected chi connectivity index (χ4v) is 1.29. The van der Waals surface area contributed by atoms with Crippen LogP contribution >= 0.6 is 0 Å². The van der Waals surface area contributed by atoms with Crippen molar-refractivity contribution in [3.05, 3.63) is 53.9 Å². The standard InChI is InChI=1S/C12H9N3/c13-9-11(12-6-7-14-15-12)8-10-4-2-1-3-5-10/h1-8H,(H,14,15). The summed E-state index contributed by atoms with van der Waals surface area (Å²) in [7, 11) is 0. The summed E-state index contributed by atoms with van der Waals surface area (Å²) in [6.45, 7) is 0. The van der Waals surface area contributed by atoms with Gasteiger partial charge >= 0.3 is 0 Å². The van der Waals surface area contributed by atoms with Gasteiger partial charge in [-0.05, 0) is 17.7 Å². The number of H-pyrrole nitrogens is 1. The van der Waals surface area contributed by atoms with Crippen molar-refractivity contribution in [1.29, 1.82) is 5.26 Å². The quantitative estimate of drug-likeness (QED) is 0.748. The Morgan fingerprint density at radius 3 is 2.67 bits per heavy atom. The van der Waals surface area contributed by atoms with Gasteiger partial charge in [0, 0.05) is 6.20 Å². The lowest BCUT2D eigenvalue weighted by Crippen LogP contribution is -1.82. The molecule has 1 heterocycles. The molecular formula is C12H9N3. The molecule has 3 nitrogen and oxygen atoms in total. The minimum Gasteiger partial charge on any atom is -0.285 e. The number of rotatable bonds is 2. The van der Waals surface area contributed by atoms with Crippen molar-refractivity contribution < 1.29 is 0 Å². The Morgan fingerprint density at radius 2 is 2.07 bits per heavy atom. The molecule has 0 unspecified atom stereocenters. The van der Waals surface area contributed by atoms with Crippen LogP contribution in [-0.2, 0) is 0 Å². The predicted octanol–water partition coefficient (Wildman–Crippen LogP) is 2.47. The molecule has 0 aliphatic heterocycles. The smallest absolute Gasteiger partial charge is 0.103 e. The van der Waals surface area contributed by atoms with E-state index in [1.165, 1.54) is 0 Å². The third kappa shape index (κ3) is 2.12. The summed E-state index contributed by atoms with van der Waals surface area (Å²) in [5, 5.41) is 15.6. The molecule has 72 valence electrons. The second-order valence-corrected chi connectivity index (χ2v) is 3.04. The highest BCUT2D eigenvalue weighted by Crippen LogP contribution is 2.14. The van der Waals surface area contributed by atoms with E-state index in [1.807, 2.05) is 36.4 Å². The van der Waals surface area contributed by atoms with Crippen LogP contribution in [0.15, 0.2) is 42.6 Å². The van der Waals surface area contributed by atoms with Gasteiger partial charge in [-0.3, -0.25) is 5.10 Å². The minimum atomic E-state index is 0.558. The van der Waals surface area contributed by atoms with Crippen molar-refractivity contribution in [2.24, 2.45) is 0 Å². The van der Waals surface area contributed by atoms with Gasteiger partial charge in [-0.1, -0.05) is 30.3 Å². The fourth-order valence-electron chi connectivity index (χ4n) is 1.29. The van der Waals surface area contributed by atoms with Crippen LogP contribution in [0.1, 0.15) is 11.3 Å². The first kappa shape index (κ1) is 9.22. The topological polar surface area (TPSA) is 52.5 Å². The summed E-state index contributed by atoms with van der Waals surface area (Å²) < 4.78 is 0. The zero-order valence-corrected chi connectivity index (χ0v) is 8.01. The molecule has 0 atom stereocenters. The molecule has 2 aromatic rings. The predicted molar refractivity (Wildman–Crippen MR) is 58.5 cm³/mol. The van der Waals surface area contributed by atoms with Gasteiger partial charge in [-0.25, -0.2) is 0 Å². The van der Waals surface area contributed by atoms with E-state index < -0.39 is 0 Å². The molecule has 0 bridgehead atoms. The van der Waals surface area contributed by atoms with Gasteiger partial charge in [-0.2, -0.15) is 10.4 Å². The highest BCUT2D eigenvalue weighted by Gasteiger charge is 2.01. The minimum absolute atomic E-state index is 0.558. The summed E-state index contributed by atoms with van der Waals surface area (Å²) in [6, 6.07) is 13.6. The number of allylic oxidation sites excluding steroid dienone is 1. The van der Waals surface area contributed by atoms with Gasteiger partial charge < -0.3 is 0 Å². The Hall–Kier alpha value is -2.34. The molecule has 0 fully saturated rings. The number of hydrogen-bond acceptors (Lipinski definition) is 2. The van der Waals surface area contributed by atoms with Crippen LogP contribution < -0.4 is 0 Å². The van der Waals surface area contributed by atoms with Gasteiger partial charge in [0.2, 0.25) is 0 Å². The van der Waals surface area contributed by atoms with Gasteiger partial charge in [0.25, 0.3) is 0 Å². The number of nitriles is 1. The molecule has 0 amide bonds. The summed E-state index contributed by atoms with van der Waals surface area (Å²) >= 11 is 0. The van der Waals surface area contributed by atoms with E-state index in [1.54, 1.807) is 12.3 Å². The monoisotopic (exact) mass is 195 g/mol. The molecule has 0 aliphatic rings. The molecule has 1 N–H and O–H groups in total. The molecule has 0 saturated carbocycles. The largest absolute Gasteiger partial charge is 0.285 e. The molecule has 0 spiro atoms. The summed E-state index contributed by atoms with van der Waals surface area (Å²) in [5.74, 6) is 0. The average molecular weight is 195 g/mol. The lowest BCUT2D eigenvalue weighted by Gasteiger charge is -1.94. The van der Waals surface area contributed by atoms with E-state index >= 15 is 0 Å². The molecule has 0 saturated heterocycles. The first-order valence-electron chi connectivity index (χ1n) is 4.57. The zero-order chi connectivity index (χ0) is 10.5. The van der Waals surface area contributed by atoms with Crippen LogP contribution in [0.5, 0.6) is 0 Å². The number of hydrogen-bond donors (Lipinski definition) is 1. The molecule has 0 aliphatic carbocycles. The third-order valence-electron chi connectivity index (χ3n) is 2.01. The van der Waals surface area contributed by atoms with Crippen molar-refractivity contribution in [3.8, 4) is 6.07 Å². The Labute approximate surface area is 87.7 Å². The maximum absolute atomic E-state index is 8.99. The van der Waals surface area contributed by atoms with Crippen molar-refractivity contribution >= 4 is 11.6 Å². The van der Waals surface area contributed by atoms with E-state index in [2.05, 4.69) is 16.3 Å². The van der Waals surface area contributed by atoms with Gasteiger partial charge in [0.1, 0.15) is 11.8 Å². The molecule has 15 heavy (non-hydrogen) atoms. The fraction of sp³-hybridized carbons (Fsp3) is 0. The lowest BCUT2D eigenvalue weighted by molar-refractivity contribution is 1.08. The average Bonchev–Trinajstić information content (AvgIpc) is 2.81. The van der Waals surface area contributed by atoms with Crippen LogP contribution in [0.25, 0.3) is 11.6 Å². The van der Waals surface area contributed by atoms with Crippen LogP contribution in [-0.4, -0.2) is 10.2 Å². The number of aromatic nitrogens is 2. The zero-order valence-electron chi connectivity index (χ0n) is 8.01. The number of nitrogens with one attached hydrogen (secondary N) is 1. The maximum atomic E-state index is 8.99. The molecule has 2 rings (SSSR count). The summed E-state index contributed by atoms with van der Waals surface area (Å²) in [5.41, 5.74) is 2.22. The Balaban J connectivity index is 2.37. The summed E-state index contributed by atoms with van der Waals surface area (Å²) in [4.78, 5) is 0. The lowest BCUT2D eigenvalue weighted by atomic mass is 10.1. The van der Waals surface area contributed by atoms with Crippen LogP contribution in [0.3, 0.4) is 0 Å². The van der Waals surface area contributed by atoms with Gasteiger partial charge in [0.15, 0.2) is 0 Å². The summed E-state index contributed by atoms with van der Waals surface area (Å²) in [6.07, 6.45) is 3.52. The number of aromatic amines is 1. The number of nitrogens with zero attached hydrogens (tertiary/aromatic N) is 2. The van der Waals surface area contributed by atoms with Crippen molar-refractivity contribution in [2.75, 3.05) is 0 Å². The van der Waals surface area contributed by atoms with E-state index in [4.69, 9.17) is 5.26 Å². The Bertz CT molecular complexity index is 489. The van der Waals surface area contributed by atoms with E-state index in [0.717, 1.165) is 5.56 Å². The number of benzene rings is 1. The van der Waals surface area contributed by atoms with Crippen LogP contribution in [0, 0.1) is 11.3 Å². The molecule has 1 aromatic heterocycles. The van der Waals surface area contributed by atoms with Crippen molar-refractivity contribution in [3.63, 3.8) is 0 Å². The normalized spacial score (nSPS) is 11.0. The van der Waals surface area contributed by atoms with Crippen LogP contribution in [0.2, 0.25) is 0 Å². The van der Waals surface area contributed by atoms with E-state index in [0.29, 0.717) is 11.3 Å². The van der Waals surface area contributed by atoms with Gasteiger partial charge in [0.05, 0.1) is 5.57 Å². The Morgan fingerprint density at radius 1 is 1.27 bits per heavy atom. The molecular weight excluding hydrogens is 186 g/mol. The Kier molecular flexibility index (Phi) is 2.61. The highest BCUT2D eigenvalue weighted by atomic mass is 15.1.